The van der Waals surface area contributed by atoms with Gasteiger partial charge in [-0.15, -0.1) is 0 Å². The number of benzene rings is 5. The second-order valence-electron chi connectivity index (χ2n) is 8.77. The Bertz CT molecular complexity index is 1810. The van der Waals surface area contributed by atoms with Gasteiger partial charge in [-0.3, -0.25) is 0 Å². The van der Waals surface area contributed by atoms with Crippen LogP contribution in [0.3, 0.4) is 0 Å². The maximum atomic E-state index is 5.20. The fourth-order valence-electron chi connectivity index (χ4n) is 4.78. The summed E-state index contributed by atoms with van der Waals surface area (Å²) in [6, 6.07) is 33.6. The molecule has 1 aliphatic rings. The molecule has 178 valence electrons. The summed E-state index contributed by atoms with van der Waals surface area (Å²) in [6.07, 6.45) is 0. The van der Waals surface area contributed by atoms with Crippen molar-refractivity contribution >= 4 is 104 Å². The van der Waals surface area contributed by atoms with Crippen molar-refractivity contribution in [2.45, 2.75) is 9.79 Å². The SMILES string of the molecule is Sc1ccc2nc3c(N4c5ccccc5[Se]c5ccccc54)c(S)c(-c4ccc(Br)cc4)cc3nc2c1. The summed E-state index contributed by atoms with van der Waals surface area (Å²) in [6.45, 7) is 0. The Balaban J connectivity index is 1.62. The molecule has 0 saturated carbocycles. The summed E-state index contributed by atoms with van der Waals surface area (Å²) in [5.74, 6) is 0. The molecule has 0 spiro atoms. The molecule has 0 saturated heterocycles. The quantitative estimate of drug-likeness (QED) is 0.118. The van der Waals surface area contributed by atoms with Crippen LogP contribution in [0.5, 0.6) is 0 Å². The van der Waals surface area contributed by atoms with Gasteiger partial charge in [0.1, 0.15) is 0 Å². The third kappa shape index (κ3) is 3.97. The van der Waals surface area contributed by atoms with Crippen molar-refractivity contribution in [3.63, 3.8) is 0 Å². The van der Waals surface area contributed by atoms with Crippen molar-refractivity contribution in [2.24, 2.45) is 0 Å². The average molecular weight is 643 g/mol. The number of fused-ring (bicyclic) bond motifs is 4. The molecular formula is C30H18BrN3S2Se. The van der Waals surface area contributed by atoms with Gasteiger partial charge in [-0.05, 0) is 0 Å². The monoisotopic (exact) mass is 643 g/mol. The maximum absolute atomic E-state index is 5.20. The van der Waals surface area contributed by atoms with E-state index in [2.05, 4.69) is 112 Å². The summed E-state index contributed by atoms with van der Waals surface area (Å²) in [5.41, 5.74) is 8.66. The molecule has 3 nitrogen and oxygen atoms in total. The molecule has 7 heteroatoms. The molecular weight excluding hydrogens is 625 g/mol. The summed E-state index contributed by atoms with van der Waals surface area (Å²) in [7, 11) is 0. The van der Waals surface area contributed by atoms with E-state index in [1.807, 2.05) is 18.2 Å². The molecule has 0 bridgehead atoms. The van der Waals surface area contributed by atoms with Crippen LogP contribution in [0.2, 0.25) is 0 Å². The van der Waals surface area contributed by atoms with Crippen molar-refractivity contribution < 1.29 is 0 Å². The number of halogens is 1. The Morgan fingerprint density at radius 1 is 0.676 bits per heavy atom. The van der Waals surface area contributed by atoms with Gasteiger partial charge in [0.25, 0.3) is 0 Å². The van der Waals surface area contributed by atoms with Gasteiger partial charge in [-0.25, -0.2) is 0 Å². The number of hydrogen-bond acceptors (Lipinski definition) is 5. The first-order valence-corrected chi connectivity index (χ1v) is 15.1. The van der Waals surface area contributed by atoms with E-state index in [1.54, 1.807) is 0 Å². The Labute approximate surface area is 240 Å². The van der Waals surface area contributed by atoms with E-state index >= 15 is 0 Å². The van der Waals surface area contributed by atoms with E-state index in [4.69, 9.17) is 22.6 Å². The van der Waals surface area contributed by atoms with Crippen LogP contribution in [-0.4, -0.2) is 24.9 Å². The van der Waals surface area contributed by atoms with Crippen LogP contribution in [-0.2, 0) is 0 Å². The van der Waals surface area contributed by atoms with Gasteiger partial charge in [-0.1, -0.05) is 0 Å². The van der Waals surface area contributed by atoms with Gasteiger partial charge in [0.15, 0.2) is 0 Å². The molecule has 5 aromatic carbocycles. The average Bonchev–Trinajstić information content (AvgIpc) is 2.91. The number of hydrogen-bond donors (Lipinski definition) is 2. The molecule has 0 radical (unpaired) electrons. The van der Waals surface area contributed by atoms with Crippen molar-refractivity contribution in [3.8, 4) is 11.1 Å². The minimum absolute atomic E-state index is 0.209. The normalized spacial score (nSPS) is 12.6. The molecule has 0 aliphatic carbocycles. The van der Waals surface area contributed by atoms with Gasteiger partial charge < -0.3 is 0 Å². The van der Waals surface area contributed by atoms with Crippen molar-refractivity contribution in [2.75, 3.05) is 4.90 Å². The fourth-order valence-corrected chi connectivity index (χ4v) is 7.86. The zero-order valence-electron chi connectivity index (χ0n) is 19.3. The van der Waals surface area contributed by atoms with Crippen LogP contribution in [0.15, 0.2) is 111 Å². The molecule has 1 aromatic heterocycles. The number of anilines is 3. The van der Waals surface area contributed by atoms with Crippen LogP contribution in [0, 0.1) is 0 Å². The van der Waals surface area contributed by atoms with Gasteiger partial charge in [-0.2, -0.15) is 0 Å². The third-order valence-corrected chi connectivity index (χ3v) is 10.1. The Morgan fingerprint density at radius 2 is 1.35 bits per heavy atom. The Kier molecular flexibility index (Phi) is 5.79. The van der Waals surface area contributed by atoms with Crippen LogP contribution < -0.4 is 13.8 Å². The summed E-state index contributed by atoms with van der Waals surface area (Å²) in [5, 5.41) is 0. The Hall–Kier alpha value is -2.80. The first-order chi connectivity index (χ1) is 18.1. The third-order valence-electron chi connectivity index (χ3n) is 6.47. The fraction of sp³-hybridized carbons (Fsp3) is 0. The summed E-state index contributed by atoms with van der Waals surface area (Å²) < 4.78 is 3.69. The molecule has 0 N–H and O–H groups in total. The molecule has 7 rings (SSSR count). The molecule has 0 fully saturated rings. The minimum atomic E-state index is 0.209. The molecule has 2 heterocycles. The first kappa shape index (κ1) is 23.3. The van der Waals surface area contributed by atoms with Gasteiger partial charge in [0.2, 0.25) is 0 Å². The van der Waals surface area contributed by atoms with E-state index in [-0.39, 0.29) is 15.0 Å². The second kappa shape index (κ2) is 9.19. The molecule has 0 amide bonds. The van der Waals surface area contributed by atoms with Crippen LogP contribution >= 0.6 is 41.2 Å². The van der Waals surface area contributed by atoms with Crippen LogP contribution in [0.25, 0.3) is 33.2 Å². The number of rotatable bonds is 2. The van der Waals surface area contributed by atoms with E-state index < -0.39 is 0 Å². The van der Waals surface area contributed by atoms with Crippen LogP contribution in [0.1, 0.15) is 0 Å². The number of thiol groups is 2. The number of nitrogens with zero attached hydrogens (tertiary/aromatic N) is 3. The molecule has 0 unspecified atom stereocenters. The van der Waals surface area contributed by atoms with Gasteiger partial charge in [0.05, 0.1) is 0 Å². The predicted octanol–water partition coefficient (Wildman–Crippen LogP) is 7.23. The van der Waals surface area contributed by atoms with Crippen molar-refractivity contribution in [1.82, 2.24) is 9.97 Å². The molecule has 1 aliphatic heterocycles. The molecule has 37 heavy (non-hydrogen) atoms. The zero-order valence-corrected chi connectivity index (χ0v) is 24.3. The van der Waals surface area contributed by atoms with E-state index in [1.165, 1.54) is 20.3 Å². The summed E-state index contributed by atoms with van der Waals surface area (Å²) in [4.78, 5) is 14.3. The molecule has 6 aromatic rings. The van der Waals surface area contributed by atoms with Crippen molar-refractivity contribution in [3.05, 3.63) is 102 Å². The predicted molar refractivity (Wildman–Crippen MR) is 164 cm³/mol. The van der Waals surface area contributed by atoms with Crippen LogP contribution in [0.4, 0.5) is 17.1 Å². The standard InChI is InChI=1S/C30H18BrN3S2Se/c31-18-11-9-17(10-12-18)20-16-23-28(33-21-14-13-19(35)15-22(21)32-23)29(30(20)36)34-24-5-1-3-7-26(24)37-27-8-4-2-6-25(27)34/h1-16,35-36H. The zero-order chi connectivity index (χ0) is 25.1. The number of aromatic nitrogens is 2. The molecule has 0 atom stereocenters. The second-order valence-corrected chi connectivity index (χ2v) is 12.9. The van der Waals surface area contributed by atoms with Gasteiger partial charge in [0, 0.05) is 0 Å². The Morgan fingerprint density at radius 3 is 2.05 bits per heavy atom. The van der Waals surface area contributed by atoms with E-state index in [0.717, 1.165) is 53.1 Å². The van der Waals surface area contributed by atoms with E-state index in [9.17, 15) is 0 Å². The topological polar surface area (TPSA) is 29.0 Å². The number of para-hydroxylation sites is 2. The van der Waals surface area contributed by atoms with Gasteiger partial charge >= 0.3 is 242 Å². The first-order valence-electron chi connectivity index (χ1n) is 11.7. The van der Waals surface area contributed by atoms with E-state index in [0.29, 0.717) is 0 Å². The van der Waals surface area contributed by atoms with Crippen molar-refractivity contribution in [1.29, 1.82) is 0 Å². The summed E-state index contributed by atoms with van der Waals surface area (Å²) >= 11 is 13.5.